The number of hydrogen-bond donors (Lipinski definition) is 1. The molecule has 5 rings (SSSR count). The van der Waals surface area contributed by atoms with Gasteiger partial charge in [0, 0.05) is 75.3 Å². The van der Waals surface area contributed by atoms with Gasteiger partial charge in [0.05, 0.1) is 0 Å². The monoisotopic (exact) mass is 541 g/mol. The van der Waals surface area contributed by atoms with Crippen LogP contribution in [0.4, 0.5) is 11.4 Å². The molecule has 4 aromatic carbocycles. The highest BCUT2D eigenvalue weighted by atomic mass is 35.5. The van der Waals surface area contributed by atoms with Crippen molar-refractivity contribution in [3.63, 3.8) is 0 Å². The number of ether oxygens (including phenoxy) is 1. The van der Waals surface area contributed by atoms with E-state index in [4.69, 9.17) is 16.3 Å². The van der Waals surface area contributed by atoms with Crippen LogP contribution in [0.15, 0.2) is 91.0 Å². The molecule has 4 aromatic rings. The number of carboxylic acid groups (broad SMARTS) is 1. The number of carboxylic acids is 1. The number of nitrogens with zero attached hydrogens (tertiary/aromatic N) is 3. The molecule has 0 saturated carbocycles. The molecule has 0 unspecified atom stereocenters. The molecule has 1 fully saturated rings. The molecule has 1 N–H and O–H groups in total. The molecule has 0 aromatic heterocycles. The van der Waals surface area contributed by atoms with Gasteiger partial charge in [0.2, 0.25) is 0 Å². The molecule has 0 aliphatic carbocycles. The molecule has 7 heteroatoms. The molecule has 200 valence electrons. The maximum Gasteiger partial charge on any atom is 0.339 e. The Bertz CT molecular complexity index is 1450. The summed E-state index contributed by atoms with van der Waals surface area (Å²) >= 11 is 6.10. The summed E-state index contributed by atoms with van der Waals surface area (Å²) < 4.78 is 6.10. The summed E-state index contributed by atoms with van der Waals surface area (Å²) in [6.45, 7) is 4.34. The first-order valence-electron chi connectivity index (χ1n) is 13.0. The zero-order valence-corrected chi connectivity index (χ0v) is 22.9. The van der Waals surface area contributed by atoms with Crippen LogP contribution in [0.25, 0.3) is 11.1 Å². The lowest BCUT2D eigenvalue weighted by Crippen LogP contribution is -2.46. The van der Waals surface area contributed by atoms with E-state index in [2.05, 4.69) is 46.2 Å². The van der Waals surface area contributed by atoms with Crippen molar-refractivity contribution in [2.75, 3.05) is 50.1 Å². The van der Waals surface area contributed by atoms with Gasteiger partial charge in [0.1, 0.15) is 17.1 Å². The third kappa shape index (κ3) is 6.36. The van der Waals surface area contributed by atoms with E-state index in [9.17, 15) is 9.90 Å². The van der Waals surface area contributed by atoms with Crippen LogP contribution in [-0.2, 0) is 6.54 Å². The predicted octanol–water partition coefficient (Wildman–Crippen LogP) is 6.89. The number of aromatic carboxylic acids is 1. The van der Waals surface area contributed by atoms with Crippen molar-refractivity contribution < 1.29 is 14.6 Å². The molecule has 1 aliphatic heterocycles. The predicted molar refractivity (Wildman–Crippen MR) is 159 cm³/mol. The summed E-state index contributed by atoms with van der Waals surface area (Å²) in [6.07, 6.45) is 0. The second-order valence-corrected chi connectivity index (χ2v) is 10.3. The van der Waals surface area contributed by atoms with Crippen LogP contribution < -0.4 is 14.5 Å². The molecule has 6 nitrogen and oxygen atoms in total. The van der Waals surface area contributed by atoms with E-state index in [1.165, 1.54) is 11.1 Å². The van der Waals surface area contributed by atoms with Crippen molar-refractivity contribution in [1.82, 2.24) is 4.90 Å². The molecular weight excluding hydrogens is 510 g/mol. The summed E-state index contributed by atoms with van der Waals surface area (Å²) in [5, 5.41) is 10.5. The number of hydrogen-bond acceptors (Lipinski definition) is 5. The molecule has 0 amide bonds. The van der Waals surface area contributed by atoms with Crippen LogP contribution in [0.2, 0.25) is 5.02 Å². The van der Waals surface area contributed by atoms with Crippen molar-refractivity contribution in [2.24, 2.45) is 0 Å². The fourth-order valence-corrected chi connectivity index (χ4v) is 5.02. The van der Waals surface area contributed by atoms with Crippen molar-refractivity contribution in [1.29, 1.82) is 0 Å². The highest BCUT2D eigenvalue weighted by Crippen LogP contribution is 2.33. The minimum Gasteiger partial charge on any atom is -0.478 e. The highest BCUT2D eigenvalue weighted by molar-refractivity contribution is 6.30. The molecule has 0 atom stereocenters. The number of halogens is 1. The largest absolute Gasteiger partial charge is 0.478 e. The molecule has 0 bridgehead atoms. The van der Waals surface area contributed by atoms with Gasteiger partial charge in [-0.05, 0) is 53.1 Å². The van der Waals surface area contributed by atoms with Crippen LogP contribution in [0.1, 0.15) is 15.9 Å². The van der Waals surface area contributed by atoms with Gasteiger partial charge in [-0.15, -0.1) is 0 Å². The second kappa shape index (κ2) is 11.8. The van der Waals surface area contributed by atoms with Crippen LogP contribution >= 0.6 is 11.6 Å². The summed E-state index contributed by atoms with van der Waals surface area (Å²) in [5.74, 6) is -0.0651. The molecule has 39 heavy (non-hydrogen) atoms. The number of rotatable bonds is 8. The van der Waals surface area contributed by atoms with E-state index in [0.29, 0.717) is 11.5 Å². The second-order valence-electron chi connectivity index (χ2n) is 9.91. The lowest BCUT2D eigenvalue weighted by atomic mass is 9.99. The maximum absolute atomic E-state index is 11.9. The fraction of sp³-hybridized carbons (Fsp3) is 0.219. The number of anilines is 2. The lowest BCUT2D eigenvalue weighted by Gasteiger charge is -2.36. The molecule has 1 saturated heterocycles. The normalized spacial score (nSPS) is 13.8. The smallest absolute Gasteiger partial charge is 0.339 e. The standard InChI is InChI=1S/C32H32ClN3O3/c1-34(2)26-7-5-8-28(20-26)39-31-21-27(14-15-30(31)32(37)38)36-18-16-35(17-19-36)22-24-6-3-4-9-29(24)23-10-12-25(33)13-11-23/h3-15,20-21H,16-19,22H2,1-2H3,(H,37,38). The zero-order valence-electron chi connectivity index (χ0n) is 22.2. The van der Waals surface area contributed by atoms with Gasteiger partial charge >= 0.3 is 5.97 Å². The first-order chi connectivity index (χ1) is 18.9. The average molecular weight is 542 g/mol. The summed E-state index contributed by atoms with van der Waals surface area (Å²) in [6, 6.07) is 29.5. The van der Waals surface area contributed by atoms with E-state index in [1.807, 2.05) is 67.5 Å². The zero-order chi connectivity index (χ0) is 27.4. The fourth-order valence-electron chi connectivity index (χ4n) is 4.90. The minimum atomic E-state index is -1.01. The maximum atomic E-state index is 11.9. The van der Waals surface area contributed by atoms with Gasteiger partial charge in [-0.2, -0.15) is 0 Å². The molecule has 1 aliphatic rings. The SMILES string of the molecule is CN(C)c1cccc(Oc2cc(N3CCN(Cc4ccccc4-c4ccc(Cl)cc4)CC3)ccc2C(=O)O)c1. The summed E-state index contributed by atoms with van der Waals surface area (Å²) in [4.78, 5) is 18.7. The average Bonchev–Trinajstić information content (AvgIpc) is 2.94. The molecular formula is C32H32ClN3O3. The van der Waals surface area contributed by atoms with Crippen molar-refractivity contribution >= 4 is 28.9 Å². The minimum absolute atomic E-state index is 0.145. The van der Waals surface area contributed by atoms with E-state index in [0.717, 1.165) is 54.7 Å². The van der Waals surface area contributed by atoms with Crippen molar-refractivity contribution in [3.8, 4) is 22.6 Å². The van der Waals surface area contributed by atoms with Crippen LogP contribution in [0.5, 0.6) is 11.5 Å². The number of carbonyl (C=O) groups is 1. The first kappa shape index (κ1) is 26.6. The Kier molecular flexibility index (Phi) is 8.05. The highest BCUT2D eigenvalue weighted by Gasteiger charge is 2.21. The topological polar surface area (TPSA) is 56.2 Å². The van der Waals surface area contributed by atoms with E-state index >= 15 is 0 Å². The van der Waals surface area contributed by atoms with Crippen LogP contribution in [0.3, 0.4) is 0 Å². The molecule has 0 radical (unpaired) electrons. The van der Waals surface area contributed by atoms with E-state index < -0.39 is 5.97 Å². The summed E-state index contributed by atoms with van der Waals surface area (Å²) in [7, 11) is 3.91. The van der Waals surface area contributed by atoms with Gasteiger partial charge < -0.3 is 19.6 Å². The number of benzene rings is 4. The Morgan fingerprint density at radius 2 is 1.64 bits per heavy atom. The van der Waals surface area contributed by atoms with Crippen molar-refractivity contribution in [2.45, 2.75) is 6.54 Å². The Morgan fingerprint density at radius 1 is 0.897 bits per heavy atom. The van der Waals surface area contributed by atoms with Gasteiger partial charge in [-0.25, -0.2) is 4.79 Å². The Morgan fingerprint density at radius 3 is 2.36 bits per heavy atom. The third-order valence-electron chi connectivity index (χ3n) is 7.06. The van der Waals surface area contributed by atoms with Crippen LogP contribution in [-0.4, -0.2) is 56.3 Å². The Labute approximate surface area is 234 Å². The lowest BCUT2D eigenvalue weighted by molar-refractivity contribution is 0.0694. The van der Waals surface area contributed by atoms with Gasteiger partial charge in [0.15, 0.2) is 0 Å². The van der Waals surface area contributed by atoms with Crippen LogP contribution in [0, 0.1) is 0 Å². The Hall–Kier alpha value is -4.00. The third-order valence-corrected chi connectivity index (χ3v) is 7.31. The summed E-state index contributed by atoms with van der Waals surface area (Å²) in [5.41, 5.74) is 5.76. The Balaban J connectivity index is 1.29. The molecule has 1 heterocycles. The van der Waals surface area contributed by atoms with Gasteiger partial charge in [-0.1, -0.05) is 54.1 Å². The van der Waals surface area contributed by atoms with E-state index in [-0.39, 0.29) is 5.56 Å². The number of piperazine rings is 1. The van der Waals surface area contributed by atoms with E-state index in [1.54, 1.807) is 6.07 Å². The van der Waals surface area contributed by atoms with Crippen molar-refractivity contribution in [3.05, 3.63) is 107 Å². The molecule has 0 spiro atoms. The quantitative estimate of drug-likeness (QED) is 0.262. The first-order valence-corrected chi connectivity index (χ1v) is 13.4. The van der Waals surface area contributed by atoms with Gasteiger partial charge in [0.25, 0.3) is 0 Å². The van der Waals surface area contributed by atoms with Gasteiger partial charge in [-0.3, -0.25) is 4.90 Å².